The fraction of sp³-hybridized carbons (Fsp3) is 0.167. The van der Waals surface area contributed by atoms with Crippen molar-refractivity contribution in [3.05, 3.63) is 33.4 Å². The van der Waals surface area contributed by atoms with Gasteiger partial charge in [0.25, 0.3) is 0 Å². The van der Waals surface area contributed by atoms with Crippen LogP contribution < -0.4 is 0 Å². The molecular formula is C12H10BrN3S. The molecule has 0 atom stereocenters. The molecule has 17 heavy (non-hydrogen) atoms. The van der Waals surface area contributed by atoms with Crippen LogP contribution in [0, 0.1) is 13.8 Å². The Labute approximate surface area is 111 Å². The molecule has 0 aliphatic heterocycles. The molecule has 0 amide bonds. The van der Waals surface area contributed by atoms with Crippen molar-refractivity contribution in [3.63, 3.8) is 0 Å². The molecule has 2 heterocycles. The maximum absolute atomic E-state index is 4.65. The summed E-state index contributed by atoms with van der Waals surface area (Å²) in [4.78, 5) is 13.4. The predicted octanol–water partition coefficient (Wildman–Crippen LogP) is 4.07. The van der Waals surface area contributed by atoms with Crippen molar-refractivity contribution in [1.82, 2.24) is 15.0 Å². The van der Waals surface area contributed by atoms with Crippen molar-refractivity contribution < 1.29 is 0 Å². The van der Waals surface area contributed by atoms with E-state index in [0.717, 1.165) is 31.9 Å². The molecule has 0 unspecified atom stereocenters. The van der Waals surface area contributed by atoms with Gasteiger partial charge in [0.1, 0.15) is 0 Å². The number of aromatic nitrogens is 3. The van der Waals surface area contributed by atoms with Crippen LogP contribution in [0.1, 0.15) is 11.3 Å². The zero-order chi connectivity index (χ0) is 12.0. The van der Waals surface area contributed by atoms with E-state index in [1.165, 1.54) is 5.56 Å². The number of rotatable bonds is 1. The van der Waals surface area contributed by atoms with Gasteiger partial charge in [0.15, 0.2) is 5.82 Å². The smallest absolute Gasteiger partial charge is 0.150 e. The Morgan fingerprint density at radius 1 is 1.29 bits per heavy atom. The summed E-state index contributed by atoms with van der Waals surface area (Å²) in [6, 6.07) is 4.13. The zero-order valence-electron chi connectivity index (χ0n) is 9.41. The summed E-state index contributed by atoms with van der Waals surface area (Å²) in [5.74, 6) is 0.904. The molecule has 0 aliphatic carbocycles. The average Bonchev–Trinajstić information content (AvgIpc) is 2.83. The van der Waals surface area contributed by atoms with E-state index in [2.05, 4.69) is 49.9 Å². The number of nitrogens with zero attached hydrogens (tertiary/aromatic N) is 2. The number of aryl methyl sites for hydroxylation is 2. The van der Waals surface area contributed by atoms with Crippen LogP contribution >= 0.6 is 27.3 Å². The van der Waals surface area contributed by atoms with Gasteiger partial charge in [-0.05, 0) is 31.5 Å². The molecule has 0 bridgehead atoms. The van der Waals surface area contributed by atoms with E-state index in [9.17, 15) is 0 Å². The highest BCUT2D eigenvalue weighted by molar-refractivity contribution is 9.10. The molecule has 1 aromatic carbocycles. The molecule has 0 fully saturated rings. The number of hydrogen-bond donors (Lipinski definition) is 1. The van der Waals surface area contributed by atoms with Crippen molar-refractivity contribution in [1.29, 1.82) is 0 Å². The number of benzene rings is 1. The number of hydrogen-bond acceptors (Lipinski definition) is 3. The first-order valence-electron chi connectivity index (χ1n) is 5.21. The topological polar surface area (TPSA) is 41.6 Å². The van der Waals surface area contributed by atoms with Gasteiger partial charge < -0.3 is 4.98 Å². The lowest BCUT2D eigenvalue weighted by Crippen LogP contribution is -1.79. The van der Waals surface area contributed by atoms with E-state index in [4.69, 9.17) is 0 Å². The quantitative estimate of drug-likeness (QED) is 0.736. The average molecular weight is 308 g/mol. The SMILES string of the molecule is Cc1ncsc1-c1nc2c(C)cc(Br)cc2[nH]1. The summed E-state index contributed by atoms with van der Waals surface area (Å²) in [7, 11) is 0. The van der Waals surface area contributed by atoms with Gasteiger partial charge in [-0.25, -0.2) is 9.97 Å². The number of aromatic amines is 1. The molecule has 0 saturated heterocycles. The van der Waals surface area contributed by atoms with Crippen LogP contribution in [0.3, 0.4) is 0 Å². The summed E-state index contributed by atoms with van der Waals surface area (Å²) < 4.78 is 1.07. The van der Waals surface area contributed by atoms with Crippen LogP contribution in [-0.4, -0.2) is 15.0 Å². The second-order valence-electron chi connectivity index (χ2n) is 3.97. The predicted molar refractivity (Wildman–Crippen MR) is 74.4 cm³/mol. The third kappa shape index (κ3) is 1.79. The Bertz CT molecular complexity index is 699. The highest BCUT2D eigenvalue weighted by Crippen LogP contribution is 2.29. The number of nitrogens with one attached hydrogen (secondary N) is 1. The van der Waals surface area contributed by atoms with Crippen LogP contribution in [-0.2, 0) is 0 Å². The van der Waals surface area contributed by atoms with Gasteiger partial charge in [0, 0.05) is 4.47 Å². The molecular weight excluding hydrogens is 298 g/mol. The van der Waals surface area contributed by atoms with E-state index in [0.29, 0.717) is 0 Å². The number of halogens is 1. The zero-order valence-corrected chi connectivity index (χ0v) is 11.8. The first-order chi connectivity index (χ1) is 8.15. The fourth-order valence-corrected chi connectivity index (χ4v) is 3.20. The van der Waals surface area contributed by atoms with Crippen LogP contribution in [0.5, 0.6) is 0 Å². The largest absolute Gasteiger partial charge is 0.337 e. The summed E-state index contributed by atoms with van der Waals surface area (Å²) in [6.45, 7) is 4.07. The van der Waals surface area contributed by atoms with Gasteiger partial charge in [-0.1, -0.05) is 15.9 Å². The third-order valence-electron chi connectivity index (χ3n) is 2.70. The van der Waals surface area contributed by atoms with E-state index in [-0.39, 0.29) is 0 Å². The van der Waals surface area contributed by atoms with Crippen LogP contribution in [0.25, 0.3) is 21.7 Å². The van der Waals surface area contributed by atoms with E-state index in [1.54, 1.807) is 11.3 Å². The number of imidazole rings is 1. The maximum Gasteiger partial charge on any atom is 0.150 e. The minimum Gasteiger partial charge on any atom is -0.337 e. The molecule has 0 saturated carbocycles. The Balaban J connectivity index is 2.27. The lowest BCUT2D eigenvalue weighted by Gasteiger charge is -1.94. The molecule has 86 valence electrons. The summed E-state index contributed by atoms with van der Waals surface area (Å²) in [5, 5.41) is 0. The first kappa shape index (κ1) is 10.9. The standard InChI is InChI=1S/C12H10BrN3S/c1-6-3-8(13)4-9-10(6)16-12(15-9)11-7(2)14-5-17-11/h3-5H,1-2H3,(H,15,16). The fourth-order valence-electron chi connectivity index (χ4n) is 1.88. The number of fused-ring (bicyclic) bond motifs is 1. The number of H-pyrrole nitrogens is 1. The molecule has 1 N–H and O–H groups in total. The lowest BCUT2D eigenvalue weighted by atomic mass is 10.2. The minimum atomic E-state index is 0.904. The number of thiazole rings is 1. The highest BCUT2D eigenvalue weighted by Gasteiger charge is 2.11. The van der Waals surface area contributed by atoms with Crippen molar-refractivity contribution in [3.8, 4) is 10.7 Å². The van der Waals surface area contributed by atoms with Gasteiger partial charge in [0.2, 0.25) is 0 Å². The molecule has 3 nitrogen and oxygen atoms in total. The Morgan fingerprint density at radius 3 is 2.82 bits per heavy atom. The molecule has 0 radical (unpaired) electrons. The normalized spacial score (nSPS) is 11.2. The van der Waals surface area contributed by atoms with Crippen molar-refractivity contribution in [2.45, 2.75) is 13.8 Å². The Hall–Kier alpha value is -1.20. The first-order valence-corrected chi connectivity index (χ1v) is 6.89. The second kappa shape index (κ2) is 3.92. The van der Waals surface area contributed by atoms with Crippen LogP contribution in [0.2, 0.25) is 0 Å². The van der Waals surface area contributed by atoms with E-state index >= 15 is 0 Å². The van der Waals surface area contributed by atoms with Crippen molar-refractivity contribution in [2.75, 3.05) is 0 Å². The molecule has 3 aromatic rings. The Kier molecular flexibility index (Phi) is 2.52. The molecule has 0 aliphatic rings. The monoisotopic (exact) mass is 307 g/mol. The van der Waals surface area contributed by atoms with E-state index in [1.807, 2.05) is 12.4 Å². The molecule has 3 rings (SSSR count). The maximum atomic E-state index is 4.65. The van der Waals surface area contributed by atoms with Gasteiger partial charge in [-0.2, -0.15) is 0 Å². The highest BCUT2D eigenvalue weighted by atomic mass is 79.9. The third-order valence-corrected chi connectivity index (χ3v) is 4.10. The molecule has 5 heteroatoms. The second-order valence-corrected chi connectivity index (χ2v) is 5.74. The van der Waals surface area contributed by atoms with Crippen molar-refractivity contribution >= 4 is 38.3 Å². The van der Waals surface area contributed by atoms with E-state index < -0.39 is 0 Å². The summed E-state index contributed by atoms with van der Waals surface area (Å²) >= 11 is 5.11. The van der Waals surface area contributed by atoms with Crippen LogP contribution in [0.15, 0.2) is 22.1 Å². The summed E-state index contributed by atoms with van der Waals surface area (Å²) in [6.07, 6.45) is 0. The minimum absolute atomic E-state index is 0.904. The van der Waals surface area contributed by atoms with Gasteiger partial charge in [0.05, 0.1) is 27.1 Å². The lowest BCUT2D eigenvalue weighted by molar-refractivity contribution is 1.24. The van der Waals surface area contributed by atoms with Gasteiger partial charge in [-0.3, -0.25) is 0 Å². The molecule has 0 spiro atoms. The molecule has 2 aromatic heterocycles. The van der Waals surface area contributed by atoms with Gasteiger partial charge >= 0.3 is 0 Å². The van der Waals surface area contributed by atoms with Crippen molar-refractivity contribution in [2.24, 2.45) is 0 Å². The van der Waals surface area contributed by atoms with Crippen LogP contribution in [0.4, 0.5) is 0 Å². The van der Waals surface area contributed by atoms with Gasteiger partial charge in [-0.15, -0.1) is 11.3 Å². The summed E-state index contributed by atoms with van der Waals surface area (Å²) in [5.41, 5.74) is 6.11. The Morgan fingerprint density at radius 2 is 2.12 bits per heavy atom.